The fourth-order valence-electron chi connectivity index (χ4n) is 2.46. The second-order valence-electron chi connectivity index (χ2n) is 5.34. The van der Waals surface area contributed by atoms with Gasteiger partial charge in [0.25, 0.3) is 0 Å². The Morgan fingerprint density at radius 3 is 2.39 bits per heavy atom. The molecular formula is C15H25FN2. The summed E-state index contributed by atoms with van der Waals surface area (Å²) in [6.45, 7) is 6.22. The van der Waals surface area contributed by atoms with E-state index in [9.17, 15) is 4.39 Å². The Bertz CT molecular complexity index is 403. The second kappa shape index (κ2) is 5.81. The first-order valence-corrected chi connectivity index (χ1v) is 6.47. The van der Waals surface area contributed by atoms with Gasteiger partial charge in [-0.05, 0) is 58.6 Å². The van der Waals surface area contributed by atoms with Gasteiger partial charge in [-0.15, -0.1) is 0 Å². The molecule has 2 atom stereocenters. The van der Waals surface area contributed by atoms with Crippen molar-refractivity contribution in [2.75, 3.05) is 21.1 Å². The van der Waals surface area contributed by atoms with Gasteiger partial charge in [0.05, 0.1) is 6.04 Å². The smallest absolute Gasteiger partial charge is 0.126 e. The van der Waals surface area contributed by atoms with Crippen LogP contribution >= 0.6 is 0 Å². The van der Waals surface area contributed by atoms with E-state index in [4.69, 9.17) is 0 Å². The van der Waals surface area contributed by atoms with E-state index in [1.165, 1.54) is 0 Å². The zero-order valence-corrected chi connectivity index (χ0v) is 12.3. The molecule has 2 unspecified atom stereocenters. The van der Waals surface area contributed by atoms with E-state index in [0.29, 0.717) is 5.56 Å². The van der Waals surface area contributed by atoms with Crippen LogP contribution in [0.3, 0.4) is 0 Å². The zero-order valence-electron chi connectivity index (χ0n) is 12.3. The minimum absolute atomic E-state index is 0.000973. The highest BCUT2D eigenvalue weighted by Gasteiger charge is 2.34. The quantitative estimate of drug-likeness (QED) is 0.866. The molecule has 0 radical (unpaired) electrons. The molecule has 0 bridgehead atoms. The van der Waals surface area contributed by atoms with E-state index in [2.05, 4.69) is 38.2 Å². The molecule has 1 aromatic rings. The number of nitrogens with zero attached hydrogens (tertiary/aromatic N) is 1. The Kier molecular flexibility index (Phi) is 4.88. The van der Waals surface area contributed by atoms with Crippen LogP contribution in [0.25, 0.3) is 0 Å². The van der Waals surface area contributed by atoms with Gasteiger partial charge in [-0.1, -0.05) is 19.1 Å². The van der Waals surface area contributed by atoms with E-state index in [1.807, 2.05) is 26.1 Å². The summed E-state index contributed by atoms with van der Waals surface area (Å²) in [5.41, 5.74) is 1.83. The average Bonchev–Trinajstić information content (AvgIpc) is 2.33. The van der Waals surface area contributed by atoms with Crippen molar-refractivity contribution in [3.05, 3.63) is 35.1 Å². The summed E-state index contributed by atoms with van der Waals surface area (Å²) in [6.07, 6.45) is 1.02. The summed E-state index contributed by atoms with van der Waals surface area (Å²) in [7, 11) is 6.13. The van der Waals surface area contributed by atoms with Crippen LogP contribution < -0.4 is 5.32 Å². The van der Waals surface area contributed by atoms with Gasteiger partial charge in [0.15, 0.2) is 0 Å². The Labute approximate surface area is 110 Å². The second-order valence-corrected chi connectivity index (χ2v) is 5.34. The van der Waals surface area contributed by atoms with Crippen LogP contribution in [0.4, 0.5) is 4.39 Å². The van der Waals surface area contributed by atoms with Gasteiger partial charge in [0.2, 0.25) is 0 Å². The standard InChI is InChI=1S/C15H25FN2/c1-7-15(3,18(5)6)14(17-4)12-8-9-13(16)11(2)10-12/h8-10,14,17H,7H2,1-6H3. The average molecular weight is 252 g/mol. The van der Waals surface area contributed by atoms with Crippen LogP contribution in [0.5, 0.6) is 0 Å². The number of benzene rings is 1. The maximum absolute atomic E-state index is 13.4. The van der Waals surface area contributed by atoms with Crippen LogP contribution in [-0.2, 0) is 0 Å². The van der Waals surface area contributed by atoms with Gasteiger partial charge in [-0.2, -0.15) is 0 Å². The van der Waals surface area contributed by atoms with Gasteiger partial charge >= 0.3 is 0 Å². The highest BCUT2D eigenvalue weighted by Crippen LogP contribution is 2.33. The molecule has 102 valence electrons. The fraction of sp³-hybridized carbons (Fsp3) is 0.600. The summed E-state index contributed by atoms with van der Waals surface area (Å²) < 4.78 is 13.4. The lowest BCUT2D eigenvalue weighted by Gasteiger charge is -2.43. The molecule has 0 aliphatic heterocycles. The van der Waals surface area contributed by atoms with Gasteiger partial charge in [-0.25, -0.2) is 4.39 Å². The van der Waals surface area contributed by atoms with Gasteiger partial charge in [-0.3, -0.25) is 0 Å². The first kappa shape index (κ1) is 15.1. The third-order valence-electron chi connectivity index (χ3n) is 4.16. The van der Waals surface area contributed by atoms with E-state index < -0.39 is 0 Å². The molecule has 3 heteroatoms. The molecule has 0 aromatic heterocycles. The Balaban J connectivity index is 3.20. The monoisotopic (exact) mass is 252 g/mol. The lowest BCUT2D eigenvalue weighted by molar-refractivity contribution is 0.117. The third kappa shape index (κ3) is 2.73. The number of nitrogens with one attached hydrogen (secondary N) is 1. The molecule has 0 saturated carbocycles. The summed E-state index contributed by atoms with van der Waals surface area (Å²) in [5.74, 6) is -0.142. The Morgan fingerprint density at radius 1 is 1.39 bits per heavy atom. The molecule has 1 rings (SSSR count). The third-order valence-corrected chi connectivity index (χ3v) is 4.16. The number of hydrogen-bond acceptors (Lipinski definition) is 2. The summed E-state index contributed by atoms with van der Waals surface area (Å²) >= 11 is 0. The predicted octanol–water partition coefficient (Wildman–Crippen LogP) is 3.12. The van der Waals surface area contributed by atoms with Gasteiger partial charge in [0, 0.05) is 5.54 Å². The van der Waals surface area contributed by atoms with Crippen molar-refractivity contribution in [2.45, 2.75) is 38.8 Å². The molecule has 0 fully saturated rings. The van der Waals surface area contributed by atoms with Crippen molar-refractivity contribution in [2.24, 2.45) is 0 Å². The van der Waals surface area contributed by atoms with Crippen LogP contribution in [0, 0.1) is 12.7 Å². The molecule has 0 aliphatic rings. The van der Waals surface area contributed by atoms with Crippen LogP contribution in [0.1, 0.15) is 37.4 Å². The van der Waals surface area contributed by atoms with Gasteiger partial charge < -0.3 is 10.2 Å². The summed E-state index contributed by atoms with van der Waals surface area (Å²) in [6, 6.07) is 5.55. The van der Waals surface area contributed by atoms with E-state index in [1.54, 1.807) is 6.07 Å². The highest BCUT2D eigenvalue weighted by atomic mass is 19.1. The molecule has 0 saturated heterocycles. The molecule has 1 N–H and O–H groups in total. The molecule has 0 spiro atoms. The first-order chi connectivity index (χ1) is 8.36. The van der Waals surface area contributed by atoms with E-state index in [-0.39, 0.29) is 17.4 Å². The lowest BCUT2D eigenvalue weighted by atomic mass is 9.83. The Morgan fingerprint density at radius 2 is 2.00 bits per heavy atom. The number of likely N-dealkylation sites (N-methyl/N-ethyl adjacent to an activating group) is 2. The molecule has 1 aromatic carbocycles. The molecule has 18 heavy (non-hydrogen) atoms. The SMILES string of the molecule is CCC(C)(C(NC)c1ccc(F)c(C)c1)N(C)C. The fourth-order valence-corrected chi connectivity index (χ4v) is 2.46. The zero-order chi connectivity index (χ0) is 13.9. The van der Waals surface area contributed by atoms with Crippen LogP contribution in [0.15, 0.2) is 18.2 Å². The minimum atomic E-state index is -0.142. The molecule has 0 amide bonds. The number of aryl methyl sites for hydroxylation is 1. The minimum Gasteiger partial charge on any atom is -0.311 e. The maximum atomic E-state index is 13.4. The summed E-state index contributed by atoms with van der Waals surface area (Å²) in [4.78, 5) is 2.23. The normalized spacial score (nSPS) is 16.7. The lowest BCUT2D eigenvalue weighted by Crippen LogP contribution is -2.50. The topological polar surface area (TPSA) is 15.3 Å². The van der Waals surface area contributed by atoms with Crippen molar-refractivity contribution < 1.29 is 4.39 Å². The van der Waals surface area contributed by atoms with Crippen molar-refractivity contribution in [1.29, 1.82) is 0 Å². The van der Waals surface area contributed by atoms with Crippen molar-refractivity contribution >= 4 is 0 Å². The largest absolute Gasteiger partial charge is 0.311 e. The van der Waals surface area contributed by atoms with E-state index in [0.717, 1.165) is 12.0 Å². The van der Waals surface area contributed by atoms with Crippen molar-refractivity contribution in [3.63, 3.8) is 0 Å². The molecule has 2 nitrogen and oxygen atoms in total. The van der Waals surface area contributed by atoms with Crippen molar-refractivity contribution in [1.82, 2.24) is 10.2 Å². The number of halogens is 1. The molecular weight excluding hydrogens is 227 g/mol. The maximum Gasteiger partial charge on any atom is 0.126 e. The first-order valence-electron chi connectivity index (χ1n) is 6.47. The highest BCUT2D eigenvalue weighted by molar-refractivity contribution is 5.29. The Hall–Kier alpha value is -0.930. The number of hydrogen-bond donors (Lipinski definition) is 1. The predicted molar refractivity (Wildman–Crippen MR) is 75.3 cm³/mol. The summed E-state index contributed by atoms with van der Waals surface area (Å²) in [5, 5.41) is 3.37. The number of rotatable bonds is 5. The van der Waals surface area contributed by atoms with Gasteiger partial charge in [0.1, 0.15) is 5.82 Å². The van der Waals surface area contributed by atoms with Crippen LogP contribution in [0.2, 0.25) is 0 Å². The molecule has 0 aliphatic carbocycles. The van der Waals surface area contributed by atoms with Crippen LogP contribution in [-0.4, -0.2) is 31.6 Å². The van der Waals surface area contributed by atoms with E-state index >= 15 is 0 Å². The molecule has 0 heterocycles. The van der Waals surface area contributed by atoms with Crippen molar-refractivity contribution in [3.8, 4) is 0 Å².